The second-order valence-electron chi connectivity index (χ2n) is 13.8. The van der Waals surface area contributed by atoms with Gasteiger partial charge in [0, 0.05) is 43.0 Å². The Hall–Kier alpha value is -7.03. The number of nitrogens with zero attached hydrogens (tertiary/aromatic N) is 2. The van der Waals surface area contributed by atoms with Gasteiger partial charge < -0.3 is 64.1 Å². The number of β-amino-alcohol motifs (C(OH)–C–C–N with tert-alkyl or cyclic N) is 1. The average Bonchev–Trinajstić information content (AvgIpc) is 3.81. The molecule has 0 radical (unpaired) electrons. The molecular weight excluding hydrogens is 877 g/mol. The van der Waals surface area contributed by atoms with Gasteiger partial charge in [0.2, 0.25) is 29.5 Å². The smallest absolute Gasteiger partial charge is 0.475 e. The lowest BCUT2D eigenvalue weighted by Crippen LogP contribution is -2.56. The number of likely N-dealkylation sites (tertiary alicyclic amines) is 1. The van der Waals surface area contributed by atoms with Crippen LogP contribution in [0.2, 0.25) is 0 Å². The van der Waals surface area contributed by atoms with Crippen molar-refractivity contribution in [3.63, 3.8) is 0 Å². The molecule has 2 aromatic carbocycles. The van der Waals surface area contributed by atoms with Crippen molar-refractivity contribution in [2.24, 2.45) is 27.9 Å². The van der Waals surface area contributed by atoms with Gasteiger partial charge in [-0.2, -0.15) is 26.3 Å². The van der Waals surface area contributed by atoms with E-state index < -0.39 is 96.5 Å². The van der Waals surface area contributed by atoms with Crippen LogP contribution >= 0.6 is 0 Å². The van der Waals surface area contributed by atoms with Gasteiger partial charge in [-0.3, -0.25) is 29.0 Å². The number of H-pyrrole nitrogens is 1. The van der Waals surface area contributed by atoms with E-state index in [0.29, 0.717) is 5.56 Å². The molecule has 1 aliphatic rings. The molecule has 15 N–H and O–H groups in total. The summed E-state index contributed by atoms with van der Waals surface area (Å²) in [5.41, 5.74) is 24.7. The maximum absolute atomic E-state index is 13.5. The highest BCUT2D eigenvalue weighted by atomic mass is 19.4. The van der Waals surface area contributed by atoms with E-state index >= 15 is 0 Å². The van der Waals surface area contributed by atoms with Crippen LogP contribution in [0.15, 0.2) is 59.7 Å². The number of hydrogen-bond donors (Lipinski definition) is 11. The number of guanidine groups is 1. The van der Waals surface area contributed by atoms with Crippen molar-refractivity contribution >= 4 is 58.3 Å². The minimum atomic E-state index is -5.08. The molecule has 0 bridgehead atoms. The van der Waals surface area contributed by atoms with Gasteiger partial charge in [-0.05, 0) is 48.6 Å². The third-order valence-electron chi connectivity index (χ3n) is 8.81. The van der Waals surface area contributed by atoms with Gasteiger partial charge in [0.15, 0.2) is 5.96 Å². The predicted molar refractivity (Wildman–Crippen MR) is 210 cm³/mol. The number of benzene rings is 2. The van der Waals surface area contributed by atoms with Crippen LogP contribution in [0.1, 0.15) is 30.4 Å². The number of aromatic amines is 1. The summed E-state index contributed by atoms with van der Waals surface area (Å²) in [5.74, 6) is -9.63. The van der Waals surface area contributed by atoms with Crippen LogP contribution in [-0.4, -0.2) is 135 Å². The molecule has 0 aliphatic carbocycles. The number of alkyl halides is 6. The summed E-state index contributed by atoms with van der Waals surface area (Å²) >= 11 is 0. The summed E-state index contributed by atoms with van der Waals surface area (Å²) in [7, 11) is 0. The first kappa shape index (κ1) is 53.1. The van der Waals surface area contributed by atoms with Gasteiger partial charge in [-0.1, -0.05) is 30.3 Å². The van der Waals surface area contributed by atoms with E-state index in [0.717, 1.165) is 21.4 Å². The number of aromatic nitrogens is 1. The molecule has 27 heteroatoms. The molecule has 5 atom stereocenters. The lowest BCUT2D eigenvalue weighted by atomic mass is 10.0. The Bertz CT molecular complexity index is 2110. The van der Waals surface area contributed by atoms with Gasteiger partial charge in [-0.15, -0.1) is 0 Å². The largest absolute Gasteiger partial charge is 0.490 e. The molecule has 2 heterocycles. The second-order valence-corrected chi connectivity index (χ2v) is 13.8. The molecular formula is C37H45F7N10O10. The number of halogens is 7. The van der Waals surface area contributed by atoms with Crippen LogP contribution in [0, 0.1) is 5.82 Å². The Labute approximate surface area is 357 Å². The van der Waals surface area contributed by atoms with Crippen molar-refractivity contribution in [2.45, 2.75) is 74.7 Å². The first-order valence-corrected chi connectivity index (χ1v) is 18.6. The van der Waals surface area contributed by atoms with Crippen LogP contribution in [0.3, 0.4) is 0 Å². The molecule has 1 aromatic heterocycles. The number of rotatable bonds is 16. The summed E-state index contributed by atoms with van der Waals surface area (Å²) in [6.45, 7) is -0.557. The molecule has 0 spiro atoms. The standard InChI is InChI=1S/C33H43FN10O6.2C2HF3O2/c34-20-9-7-18(8-10-20)12-23(35)32(50)44-17-21(45)14-27(44)31(49)43-25(6-3-11-39-33(37)38)30(48)41-16-28(46)42-26(29(36)47)13-19-15-40-24-5-2-1-4-22(19)24;2*3-2(4,5)1(6)7/h1-2,4-5,7-10,15,21,23,25-27,40,45H,3,6,11-14,16-17,35H2,(H2,36,47)(H,41,48)(H,42,46)(H,43,49)(H4,37,38,39);2*(H,6,7)/t21-,23+,25+,26+,27+;;/m1../s1. The molecule has 5 amide bonds. The number of para-hydroxylation sites is 1. The number of aliphatic imine (C=N–C) groups is 1. The fraction of sp³-hybridized carbons (Fsp3) is 0.405. The number of carbonyl (C=O) groups is 7. The number of nitrogens with one attached hydrogen (secondary N) is 4. The van der Waals surface area contributed by atoms with E-state index in [-0.39, 0.29) is 51.2 Å². The number of primary amides is 1. The summed E-state index contributed by atoms with van der Waals surface area (Å²) in [6.07, 6.45) is -9.08. The molecule has 1 saturated heterocycles. The van der Waals surface area contributed by atoms with Crippen LogP contribution in [0.5, 0.6) is 0 Å². The SMILES string of the molecule is NC(=O)[C@H](Cc1c[nH]c2ccccc12)NC(=O)CNC(=O)[C@H](CCCN=C(N)N)NC(=O)[C@@H]1C[C@@H](O)CN1C(=O)[C@@H](N)Cc1ccc(F)cc1.O=C(O)C(F)(F)F.O=C(O)C(F)(F)F. The number of carbonyl (C=O) groups excluding carboxylic acids is 5. The van der Waals surface area contributed by atoms with Gasteiger partial charge in [0.05, 0.1) is 18.7 Å². The van der Waals surface area contributed by atoms with E-state index in [2.05, 4.69) is 25.9 Å². The second kappa shape index (κ2) is 24.0. The Balaban J connectivity index is 0.000000866. The van der Waals surface area contributed by atoms with Crippen LogP contribution in [-0.2, 0) is 46.4 Å². The van der Waals surface area contributed by atoms with Crippen molar-refractivity contribution < 1.29 is 79.6 Å². The van der Waals surface area contributed by atoms with Crippen LogP contribution in [0.4, 0.5) is 30.7 Å². The molecule has 0 saturated carbocycles. The number of fused-ring (bicyclic) bond motifs is 1. The lowest BCUT2D eigenvalue weighted by molar-refractivity contribution is -0.193. The highest BCUT2D eigenvalue weighted by molar-refractivity contribution is 5.95. The fourth-order valence-electron chi connectivity index (χ4n) is 5.80. The molecule has 352 valence electrons. The van der Waals surface area contributed by atoms with Crippen molar-refractivity contribution in [1.82, 2.24) is 25.8 Å². The molecule has 3 aromatic rings. The number of amides is 5. The zero-order chi connectivity index (χ0) is 48.5. The Morgan fingerprint density at radius 1 is 0.859 bits per heavy atom. The number of aliphatic hydroxyl groups excluding tert-OH is 1. The highest BCUT2D eigenvalue weighted by Crippen LogP contribution is 2.22. The molecule has 64 heavy (non-hydrogen) atoms. The number of carboxylic acids is 2. The van der Waals surface area contributed by atoms with Crippen LogP contribution < -0.4 is 38.9 Å². The van der Waals surface area contributed by atoms with Gasteiger partial charge in [0.1, 0.15) is 23.9 Å². The van der Waals surface area contributed by atoms with Crippen molar-refractivity contribution in [2.75, 3.05) is 19.6 Å². The Morgan fingerprint density at radius 3 is 1.98 bits per heavy atom. The van der Waals surface area contributed by atoms with E-state index in [4.69, 9.17) is 42.7 Å². The van der Waals surface area contributed by atoms with Gasteiger partial charge >= 0.3 is 24.3 Å². The highest BCUT2D eigenvalue weighted by Gasteiger charge is 2.42. The van der Waals surface area contributed by atoms with Crippen molar-refractivity contribution in [3.8, 4) is 0 Å². The molecule has 20 nitrogen and oxygen atoms in total. The minimum Gasteiger partial charge on any atom is -0.475 e. The van der Waals surface area contributed by atoms with E-state index in [9.17, 15) is 59.8 Å². The Kier molecular flexibility index (Phi) is 19.9. The van der Waals surface area contributed by atoms with E-state index in [1.165, 1.54) is 24.3 Å². The zero-order valence-electron chi connectivity index (χ0n) is 33.3. The monoisotopic (exact) mass is 922 g/mol. The van der Waals surface area contributed by atoms with Gasteiger partial charge in [0.25, 0.3) is 0 Å². The quantitative estimate of drug-likeness (QED) is 0.0366. The zero-order valence-corrected chi connectivity index (χ0v) is 33.3. The topological polar surface area (TPSA) is 352 Å². The maximum Gasteiger partial charge on any atom is 0.490 e. The first-order valence-electron chi connectivity index (χ1n) is 18.6. The first-order chi connectivity index (χ1) is 29.7. The predicted octanol–water partition coefficient (Wildman–Crippen LogP) is -0.727. The number of aliphatic hydroxyl groups is 1. The fourth-order valence-corrected chi connectivity index (χ4v) is 5.80. The van der Waals surface area contributed by atoms with Crippen LogP contribution in [0.25, 0.3) is 10.9 Å². The minimum absolute atomic E-state index is 0.0494. The van der Waals surface area contributed by atoms with Gasteiger partial charge in [-0.25, -0.2) is 14.0 Å². The summed E-state index contributed by atoms with van der Waals surface area (Å²) in [6, 6.07) is 8.42. The number of hydrogen-bond acceptors (Lipinski definition) is 10. The molecule has 4 rings (SSSR count). The summed E-state index contributed by atoms with van der Waals surface area (Å²) in [4.78, 5) is 91.1. The normalized spacial score (nSPS) is 16.0. The Morgan fingerprint density at radius 2 is 1.44 bits per heavy atom. The third kappa shape index (κ3) is 17.8. The molecule has 1 aliphatic heterocycles. The molecule has 1 fully saturated rings. The number of carboxylic acid groups (broad SMARTS) is 2. The lowest BCUT2D eigenvalue weighted by Gasteiger charge is -2.28. The van der Waals surface area contributed by atoms with Crippen molar-refractivity contribution in [1.29, 1.82) is 0 Å². The maximum atomic E-state index is 13.5. The number of nitrogens with two attached hydrogens (primary N) is 4. The van der Waals surface area contributed by atoms with E-state index in [1.807, 2.05) is 24.3 Å². The average molecular weight is 923 g/mol. The third-order valence-corrected chi connectivity index (χ3v) is 8.81. The molecule has 0 unspecified atom stereocenters. The van der Waals surface area contributed by atoms with Crippen molar-refractivity contribution in [3.05, 3.63) is 71.7 Å². The summed E-state index contributed by atoms with van der Waals surface area (Å²) < 4.78 is 76.8. The van der Waals surface area contributed by atoms with E-state index in [1.54, 1.807) is 6.20 Å². The summed E-state index contributed by atoms with van der Waals surface area (Å²) in [5, 5.41) is 33.1. The number of aliphatic carboxylic acids is 2.